The van der Waals surface area contributed by atoms with E-state index in [1.54, 1.807) is 0 Å². The number of aromatic hydroxyl groups is 1. The van der Waals surface area contributed by atoms with Crippen LogP contribution in [0.15, 0.2) is 18.3 Å². The Kier molecular flexibility index (Phi) is 6.12. The first-order valence-electron chi connectivity index (χ1n) is 15.0. The fraction of sp³-hybridized carbons (Fsp3) is 0.567. The zero-order chi connectivity index (χ0) is 29.7. The Morgan fingerprint density at radius 1 is 1.07 bits per heavy atom. The predicted octanol–water partition coefficient (Wildman–Crippen LogP) is 2.11. The summed E-state index contributed by atoms with van der Waals surface area (Å²) < 4.78 is 37.7. The highest BCUT2D eigenvalue weighted by molar-refractivity contribution is 5.92. The van der Waals surface area contributed by atoms with Crippen LogP contribution in [0.3, 0.4) is 0 Å². The number of rotatable bonds is 6. The highest BCUT2D eigenvalue weighted by Gasteiger charge is 2.59. The van der Waals surface area contributed by atoms with Gasteiger partial charge >= 0.3 is 6.01 Å². The van der Waals surface area contributed by atoms with Crippen molar-refractivity contribution in [2.75, 3.05) is 31.1 Å². The van der Waals surface area contributed by atoms with Gasteiger partial charge in [0.05, 0.1) is 17.0 Å². The second-order valence-electron chi connectivity index (χ2n) is 12.9. The van der Waals surface area contributed by atoms with Crippen LogP contribution in [0.4, 0.5) is 14.6 Å². The van der Waals surface area contributed by atoms with Crippen LogP contribution in [0.2, 0.25) is 0 Å². The molecule has 4 unspecified atom stereocenters. The first kappa shape index (κ1) is 27.3. The first-order valence-corrected chi connectivity index (χ1v) is 15.0. The summed E-state index contributed by atoms with van der Waals surface area (Å²) >= 11 is 0. The molecule has 2 aromatic heterocycles. The molecule has 5 N–H and O–H groups in total. The number of aliphatic hydroxyl groups excluding tert-OH is 1. The van der Waals surface area contributed by atoms with E-state index in [2.05, 4.69) is 20.2 Å². The Morgan fingerprint density at radius 2 is 1.91 bits per heavy atom. The Labute approximate surface area is 246 Å². The number of ether oxygens (including phenoxy) is 1. The van der Waals surface area contributed by atoms with Crippen molar-refractivity contribution < 1.29 is 33.9 Å². The monoisotopic (exact) mass is 596 g/mol. The molecule has 0 spiro atoms. The molecule has 0 amide bonds. The quantitative estimate of drug-likeness (QED) is 0.267. The number of anilines is 1. The molecule has 4 atom stereocenters. The van der Waals surface area contributed by atoms with Gasteiger partial charge in [0.2, 0.25) is 5.91 Å². The molecule has 2 bridgehead atoms. The van der Waals surface area contributed by atoms with Gasteiger partial charge in [0.15, 0.2) is 5.82 Å². The molecule has 1 saturated carbocycles. The fourth-order valence-electron chi connectivity index (χ4n) is 7.77. The number of β-amino-alcohol motifs (C(OH)–C–C–N with tert-alkyl or cyclic N) is 1. The lowest BCUT2D eigenvalue weighted by molar-refractivity contribution is -0.257. The summed E-state index contributed by atoms with van der Waals surface area (Å²) in [5.74, 6) is -3.30. The predicted molar refractivity (Wildman–Crippen MR) is 150 cm³/mol. The number of nitrogens with zero attached hydrogens (tertiary/aromatic N) is 5. The molecule has 1 aliphatic carbocycles. The normalized spacial score (nSPS) is 29.9. The summed E-state index contributed by atoms with van der Waals surface area (Å²) in [6, 6.07) is 2.71. The molecular weight excluding hydrogens is 562 g/mol. The number of piperazine rings is 1. The highest BCUT2D eigenvalue weighted by Crippen LogP contribution is 2.48. The number of phenolic OH excluding ortho intramolecular Hbond substituents is 1. The second-order valence-corrected chi connectivity index (χ2v) is 12.9. The number of aromatic nitrogens is 3. The molecule has 0 radical (unpaired) electrons. The fourth-order valence-corrected chi connectivity index (χ4v) is 7.77. The maximum absolute atomic E-state index is 16.6. The lowest BCUT2D eigenvalue weighted by Crippen LogP contribution is -2.61. The van der Waals surface area contributed by atoms with Crippen molar-refractivity contribution in [2.45, 2.75) is 80.5 Å². The molecule has 43 heavy (non-hydrogen) atoms. The zero-order valence-corrected chi connectivity index (χ0v) is 23.5. The van der Waals surface area contributed by atoms with Crippen molar-refractivity contribution in [1.82, 2.24) is 25.2 Å². The van der Waals surface area contributed by atoms with Gasteiger partial charge in [-0.2, -0.15) is 9.97 Å². The van der Waals surface area contributed by atoms with E-state index in [1.165, 1.54) is 17.2 Å². The molecule has 5 aliphatic heterocycles. The van der Waals surface area contributed by atoms with Crippen molar-refractivity contribution in [1.29, 1.82) is 0 Å². The number of hydrogen-bond donors (Lipinski definition) is 5. The Bertz CT molecular complexity index is 1610. The van der Waals surface area contributed by atoms with Gasteiger partial charge in [0.25, 0.3) is 0 Å². The molecule has 3 aromatic rings. The van der Waals surface area contributed by atoms with Crippen molar-refractivity contribution in [2.24, 2.45) is 0 Å². The van der Waals surface area contributed by atoms with Crippen LogP contribution in [0, 0.1) is 11.6 Å². The van der Waals surface area contributed by atoms with Crippen LogP contribution >= 0.6 is 0 Å². The van der Waals surface area contributed by atoms with Gasteiger partial charge in [0, 0.05) is 61.5 Å². The highest BCUT2D eigenvalue weighted by atomic mass is 19.1. The molecule has 11 nitrogen and oxygen atoms in total. The average molecular weight is 597 g/mol. The van der Waals surface area contributed by atoms with Gasteiger partial charge in [-0.05, 0) is 50.5 Å². The van der Waals surface area contributed by atoms with Crippen molar-refractivity contribution in [3.05, 3.63) is 35.5 Å². The molecule has 228 valence electrons. The third-order valence-corrected chi connectivity index (χ3v) is 10.0. The number of phenols is 1. The van der Waals surface area contributed by atoms with Crippen LogP contribution < -0.4 is 15.0 Å². The maximum Gasteiger partial charge on any atom is 0.319 e. The minimum absolute atomic E-state index is 0.0317. The Balaban J connectivity index is 1.23. The van der Waals surface area contributed by atoms with Gasteiger partial charge in [-0.15, -0.1) is 0 Å². The Morgan fingerprint density at radius 3 is 2.63 bits per heavy atom. The number of fused-ring (bicyclic) bond motifs is 5. The molecule has 9 rings (SSSR count). The van der Waals surface area contributed by atoms with E-state index in [0.717, 1.165) is 38.3 Å². The number of aliphatic hydroxyl groups is 3. The first-order chi connectivity index (χ1) is 20.6. The van der Waals surface area contributed by atoms with Gasteiger partial charge in [-0.1, -0.05) is 0 Å². The van der Waals surface area contributed by atoms with E-state index in [1.807, 2.05) is 0 Å². The number of benzene rings is 1. The maximum atomic E-state index is 16.6. The third-order valence-electron chi connectivity index (χ3n) is 10.0. The molecule has 13 heteroatoms. The van der Waals surface area contributed by atoms with Gasteiger partial charge < -0.3 is 35.4 Å². The standard InChI is InChI=1S/C30H34F2N6O5/c31-22-8-18(39)7-20(23(22)15-1-2-15)25-24(32)26-21(11-34-25)27(37-12-16-3-4-17(37)10-33-16)36-28(35-26)43-14-29-5-6-30(41,42)38(29)13-19(40)9-29/h7-8,11,15-17,19,33,39-42H,1-6,9-10,12-14H2. The number of hydrogen-bond acceptors (Lipinski definition) is 11. The lowest BCUT2D eigenvalue weighted by Gasteiger charge is -2.46. The number of halogens is 2. The number of nitrogens with one attached hydrogen (secondary N) is 1. The SMILES string of the molecule is Oc1cc(F)c(C2CC2)c(-c2ncc3c(N4CC5CCC4CN5)nc(OCC45CCC(O)(O)N4CC(O)C5)nc3c2F)c1. The zero-order valence-electron chi connectivity index (χ0n) is 23.5. The van der Waals surface area contributed by atoms with E-state index in [-0.39, 0.29) is 72.5 Å². The largest absolute Gasteiger partial charge is 0.508 e. The van der Waals surface area contributed by atoms with E-state index >= 15 is 8.78 Å². The van der Waals surface area contributed by atoms with E-state index in [0.29, 0.717) is 29.7 Å². The van der Waals surface area contributed by atoms with Gasteiger partial charge in [-0.3, -0.25) is 4.98 Å². The van der Waals surface area contributed by atoms with Gasteiger partial charge in [-0.25, -0.2) is 13.7 Å². The Hall–Kier alpha value is -3.23. The summed E-state index contributed by atoms with van der Waals surface area (Å²) in [4.78, 5) is 17.3. The molecule has 6 fully saturated rings. The van der Waals surface area contributed by atoms with Crippen LogP contribution in [0.1, 0.15) is 56.4 Å². The summed E-state index contributed by atoms with van der Waals surface area (Å²) in [7, 11) is 0. The number of piperidine rings is 2. The summed E-state index contributed by atoms with van der Waals surface area (Å²) in [5, 5.41) is 45.5. The van der Waals surface area contributed by atoms with Gasteiger partial charge in [0.1, 0.15) is 35.2 Å². The van der Waals surface area contributed by atoms with Crippen LogP contribution in [0.25, 0.3) is 22.2 Å². The van der Waals surface area contributed by atoms with Crippen LogP contribution in [-0.2, 0) is 0 Å². The van der Waals surface area contributed by atoms with Crippen LogP contribution in [-0.4, -0.2) is 96.2 Å². The molecule has 6 aliphatic rings. The molecular formula is C30H34F2N6O5. The summed E-state index contributed by atoms with van der Waals surface area (Å²) in [6.07, 6.45) is 5.06. The van der Waals surface area contributed by atoms with Crippen molar-refractivity contribution in [3.63, 3.8) is 0 Å². The van der Waals surface area contributed by atoms with E-state index in [9.17, 15) is 20.4 Å². The minimum Gasteiger partial charge on any atom is -0.508 e. The van der Waals surface area contributed by atoms with E-state index in [4.69, 9.17) is 9.72 Å². The topological polar surface area (TPSA) is 147 Å². The second kappa shape index (κ2) is 9.63. The third kappa shape index (κ3) is 4.43. The lowest BCUT2D eigenvalue weighted by atomic mass is 9.93. The molecule has 1 aromatic carbocycles. The summed E-state index contributed by atoms with van der Waals surface area (Å²) in [5.41, 5.74) is -0.436. The average Bonchev–Trinajstić information content (AvgIpc) is 3.72. The van der Waals surface area contributed by atoms with Crippen molar-refractivity contribution >= 4 is 16.7 Å². The van der Waals surface area contributed by atoms with Crippen molar-refractivity contribution in [3.8, 4) is 23.0 Å². The molecule has 7 heterocycles. The molecule has 5 saturated heterocycles. The minimum atomic E-state index is -2.06. The summed E-state index contributed by atoms with van der Waals surface area (Å²) in [6.45, 7) is 1.50. The van der Waals surface area contributed by atoms with E-state index < -0.39 is 29.2 Å². The smallest absolute Gasteiger partial charge is 0.319 e. The van der Waals surface area contributed by atoms with Crippen LogP contribution in [0.5, 0.6) is 11.8 Å². The number of pyridine rings is 1.